The molecule has 1 aromatic carbocycles. The van der Waals surface area contributed by atoms with Crippen LogP contribution in [0.25, 0.3) is 0 Å². The number of benzene rings is 1. The van der Waals surface area contributed by atoms with Gasteiger partial charge in [-0.3, -0.25) is 9.80 Å². The van der Waals surface area contributed by atoms with E-state index in [0.29, 0.717) is 19.2 Å². The van der Waals surface area contributed by atoms with Crippen molar-refractivity contribution in [2.45, 2.75) is 25.9 Å². The topological polar surface area (TPSA) is 62.0 Å². The molecule has 1 atom stereocenters. The minimum absolute atomic E-state index is 0.238. The van der Waals surface area contributed by atoms with Crippen LogP contribution < -0.4 is 10.5 Å². The summed E-state index contributed by atoms with van der Waals surface area (Å²) in [6.07, 6.45) is 0.880. The number of aliphatic hydroxyl groups is 1. The highest BCUT2D eigenvalue weighted by Gasteiger charge is 2.23. The van der Waals surface area contributed by atoms with Crippen molar-refractivity contribution < 1.29 is 9.84 Å². The molecular formula is C17H29N3O2. The Labute approximate surface area is 133 Å². The van der Waals surface area contributed by atoms with E-state index in [1.165, 1.54) is 5.56 Å². The summed E-state index contributed by atoms with van der Waals surface area (Å²) >= 11 is 0. The fourth-order valence-electron chi connectivity index (χ4n) is 2.96. The van der Waals surface area contributed by atoms with E-state index in [1.807, 2.05) is 12.1 Å². The molecule has 3 N–H and O–H groups in total. The van der Waals surface area contributed by atoms with Crippen molar-refractivity contribution in [1.82, 2.24) is 9.80 Å². The first-order valence-electron chi connectivity index (χ1n) is 8.22. The van der Waals surface area contributed by atoms with Crippen LogP contribution in [0.4, 0.5) is 0 Å². The fraction of sp³-hybridized carbons (Fsp3) is 0.647. The molecule has 0 aromatic heterocycles. The molecule has 5 nitrogen and oxygen atoms in total. The van der Waals surface area contributed by atoms with E-state index in [0.717, 1.165) is 44.9 Å². The number of hydrogen-bond donors (Lipinski definition) is 2. The van der Waals surface area contributed by atoms with Crippen molar-refractivity contribution in [1.29, 1.82) is 0 Å². The van der Waals surface area contributed by atoms with E-state index in [9.17, 15) is 0 Å². The van der Waals surface area contributed by atoms with Gasteiger partial charge in [-0.15, -0.1) is 0 Å². The number of ether oxygens (including phenoxy) is 1. The van der Waals surface area contributed by atoms with Crippen LogP contribution in [-0.2, 0) is 6.54 Å². The van der Waals surface area contributed by atoms with Crippen LogP contribution in [0, 0.1) is 0 Å². The maximum absolute atomic E-state index is 9.10. The average Bonchev–Trinajstić information content (AvgIpc) is 2.52. The molecule has 2 rings (SSSR count). The van der Waals surface area contributed by atoms with Crippen LogP contribution in [0.2, 0.25) is 0 Å². The highest BCUT2D eigenvalue weighted by molar-refractivity contribution is 5.33. The first kappa shape index (κ1) is 17.2. The summed E-state index contributed by atoms with van der Waals surface area (Å²) in [4.78, 5) is 4.81. The first-order valence-corrected chi connectivity index (χ1v) is 8.22. The molecule has 0 spiro atoms. The lowest BCUT2D eigenvalue weighted by atomic mass is 10.1. The van der Waals surface area contributed by atoms with Crippen molar-refractivity contribution in [3.8, 4) is 5.75 Å². The van der Waals surface area contributed by atoms with Crippen LogP contribution in [0.5, 0.6) is 5.75 Å². The molecule has 1 heterocycles. The molecule has 0 amide bonds. The normalized spacial score (nSPS) is 20.2. The second-order valence-electron chi connectivity index (χ2n) is 5.94. The van der Waals surface area contributed by atoms with Gasteiger partial charge in [0.15, 0.2) is 0 Å². The SMILES string of the molecule is CC1CN(Cc2ccccc2OCCCN)CCN1CCO. The number of aliphatic hydroxyl groups excluding tert-OH is 1. The van der Waals surface area contributed by atoms with Gasteiger partial charge in [-0.25, -0.2) is 0 Å². The quantitative estimate of drug-likeness (QED) is 0.699. The van der Waals surface area contributed by atoms with Crippen molar-refractivity contribution in [3.05, 3.63) is 29.8 Å². The molecule has 0 aliphatic carbocycles. The Balaban J connectivity index is 1.91. The molecular weight excluding hydrogens is 278 g/mol. The van der Waals surface area contributed by atoms with Gasteiger partial charge in [0, 0.05) is 44.3 Å². The monoisotopic (exact) mass is 307 g/mol. The Morgan fingerprint density at radius 1 is 1.32 bits per heavy atom. The molecule has 5 heteroatoms. The molecule has 22 heavy (non-hydrogen) atoms. The molecule has 1 aromatic rings. The summed E-state index contributed by atoms with van der Waals surface area (Å²) in [6, 6.07) is 8.74. The number of piperazine rings is 1. The summed E-state index contributed by atoms with van der Waals surface area (Å²) in [7, 11) is 0. The predicted molar refractivity (Wildman–Crippen MR) is 89.0 cm³/mol. The fourth-order valence-corrected chi connectivity index (χ4v) is 2.96. The lowest BCUT2D eigenvalue weighted by Crippen LogP contribution is -2.52. The smallest absolute Gasteiger partial charge is 0.123 e. The van der Waals surface area contributed by atoms with Gasteiger partial charge in [0.05, 0.1) is 13.2 Å². The zero-order valence-corrected chi connectivity index (χ0v) is 13.6. The highest BCUT2D eigenvalue weighted by Crippen LogP contribution is 2.21. The first-order chi connectivity index (χ1) is 10.7. The third-order valence-electron chi connectivity index (χ3n) is 4.21. The Morgan fingerprint density at radius 2 is 2.14 bits per heavy atom. The Morgan fingerprint density at radius 3 is 2.86 bits per heavy atom. The summed E-state index contributed by atoms with van der Waals surface area (Å²) in [5.41, 5.74) is 6.76. The maximum Gasteiger partial charge on any atom is 0.123 e. The zero-order chi connectivity index (χ0) is 15.8. The maximum atomic E-state index is 9.10. The van der Waals surface area contributed by atoms with Crippen LogP contribution in [0.1, 0.15) is 18.9 Å². The lowest BCUT2D eigenvalue weighted by molar-refractivity contribution is 0.0642. The van der Waals surface area contributed by atoms with Crippen LogP contribution in [0.3, 0.4) is 0 Å². The van der Waals surface area contributed by atoms with Gasteiger partial charge >= 0.3 is 0 Å². The summed E-state index contributed by atoms with van der Waals surface area (Å²) < 4.78 is 5.86. The summed E-state index contributed by atoms with van der Waals surface area (Å²) in [6.45, 7) is 8.55. The standard InChI is InChI=1S/C17H29N3O2/c1-15-13-19(8-9-20(15)10-11-21)14-16-5-2-3-6-17(16)22-12-4-7-18/h2-3,5-6,15,21H,4,7-14,18H2,1H3. The number of β-amino-alcohol motifs (C(OH)–C–C–N with tert-alkyl or cyclic N) is 1. The Hall–Kier alpha value is -1.14. The Bertz CT molecular complexity index is 442. The van der Waals surface area contributed by atoms with E-state index < -0.39 is 0 Å². The third kappa shape index (κ3) is 4.95. The van der Waals surface area contributed by atoms with Crippen molar-refractivity contribution in [2.24, 2.45) is 5.73 Å². The van der Waals surface area contributed by atoms with E-state index in [1.54, 1.807) is 0 Å². The molecule has 124 valence electrons. The number of rotatable bonds is 8. The molecule has 1 unspecified atom stereocenters. The molecule has 0 radical (unpaired) electrons. The second-order valence-corrected chi connectivity index (χ2v) is 5.94. The molecule has 0 bridgehead atoms. The number of hydrogen-bond acceptors (Lipinski definition) is 5. The lowest BCUT2D eigenvalue weighted by Gasteiger charge is -2.39. The van der Waals surface area contributed by atoms with E-state index in [4.69, 9.17) is 15.6 Å². The van der Waals surface area contributed by atoms with Gasteiger partial charge in [-0.1, -0.05) is 18.2 Å². The minimum atomic E-state index is 0.238. The average molecular weight is 307 g/mol. The largest absolute Gasteiger partial charge is 0.493 e. The minimum Gasteiger partial charge on any atom is -0.493 e. The second kappa shape index (κ2) is 9.10. The summed E-state index contributed by atoms with van der Waals surface area (Å²) in [5, 5.41) is 9.10. The molecule has 1 aliphatic rings. The predicted octanol–water partition coefficient (Wildman–Crippen LogP) is 0.913. The van der Waals surface area contributed by atoms with Gasteiger partial charge in [0.2, 0.25) is 0 Å². The molecule has 1 saturated heterocycles. The van der Waals surface area contributed by atoms with Gasteiger partial charge < -0.3 is 15.6 Å². The van der Waals surface area contributed by atoms with E-state index >= 15 is 0 Å². The van der Waals surface area contributed by atoms with Crippen molar-refractivity contribution in [3.63, 3.8) is 0 Å². The highest BCUT2D eigenvalue weighted by atomic mass is 16.5. The van der Waals surface area contributed by atoms with Gasteiger partial charge in [0.1, 0.15) is 5.75 Å². The Kier molecular flexibility index (Phi) is 7.12. The van der Waals surface area contributed by atoms with E-state index in [-0.39, 0.29) is 6.61 Å². The van der Waals surface area contributed by atoms with E-state index in [2.05, 4.69) is 28.9 Å². The van der Waals surface area contributed by atoms with Gasteiger partial charge in [-0.2, -0.15) is 0 Å². The molecule has 0 saturated carbocycles. The van der Waals surface area contributed by atoms with Crippen LogP contribution >= 0.6 is 0 Å². The number of nitrogens with zero attached hydrogens (tertiary/aromatic N) is 2. The van der Waals surface area contributed by atoms with Crippen molar-refractivity contribution >= 4 is 0 Å². The van der Waals surface area contributed by atoms with Crippen molar-refractivity contribution in [2.75, 3.05) is 45.9 Å². The van der Waals surface area contributed by atoms with Gasteiger partial charge in [0.25, 0.3) is 0 Å². The molecule has 1 fully saturated rings. The van der Waals surface area contributed by atoms with Gasteiger partial charge in [-0.05, 0) is 26.0 Å². The third-order valence-corrected chi connectivity index (χ3v) is 4.21. The molecule has 1 aliphatic heterocycles. The van der Waals surface area contributed by atoms with Crippen LogP contribution in [0.15, 0.2) is 24.3 Å². The number of nitrogens with two attached hydrogens (primary N) is 1. The summed E-state index contributed by atoms with van der Waals surface area (Å²) in [5.74, 6) is 0.974. The number of para-hydroxylation sites is 1. The van der Waals surface area contributed by atoms with Crippen LogP contribution in [-0.4, -0.2) is 66.9 Å². The zero-order valence-electron chi connectivity index (χ0n) is 13.6.